The molecule has 1 heterocycles. The van der Waals surface area contributed by atoms with Crippen LogP contribution in [0.3, 0.4) is 0 Å². The molecule has 162 valence electrons. The van der Waals surface area contributed by atoms with Crippen molar-refractivity contribution in [2.45, 2.75) is 32.7 Å². The molecule has 3 rings (SSSR count). The summed E-state index contributed by atoms with van der Waals surface area (Å²) in [5.41, 5.74) is 1.86. The molecule has 3 aromatic rings. The molecule has 31 heavy (non-hydrogen) atoms. The number of H-pyrrole nitrogens is 1. The van der Waals surface area contributed by atoms with Crippen LogP contribution in [0.4, 0.5) is 14.6 Å². The maximum absolute atomic E-state index is 13.4. The van der Waals surface area contributed by atoms with Crippen LogP contribution in [0.5, 0.6) is 0 Å². The predicted molar refractivity (Wildman–Crippen MR) is 114 cm³/mol. The molecule has 2 aromatic carbocycles. The van der Waals surface area contributed by atoms with Crippen molar-refractivity contribution in [1.29, 1.82) is 0 Å². The first-order chi connectivity index (χ1) is 14.9. The standard InChI is InChI=1S/C23H24F2N4O2/c1-3-14(2)22(27-21(30)11-15-9-17(24)12-18(25)10-15)23(31)26-20-13-19(28-29-20)16-7-5-4-6-8-16/h4-10,12-14,22H,3,11H2,1-2H3,(H,27,30)(H2,26,28,29,31). The minimum Gasteiger partial charge on any atom is -0.344 e. The second-order valence-electron chi connectivity index (χ2n) is 7.41. The Morgan fingerprint density at radius 3 is 2.39 bits per heavy atom. The predicted octanol–water partition coefficient (Wildman–Crippen LogP) is 4.07. The number of aromatic amines is 1. The lowest BCUT2D eigenvalue weighted by atomic mass is 9.98. The van der Waals surface area contributed by atoms with Crippen LogP contribution in [0, 0.1) is 17.6 Å². The molecule has 0 bridgehead atoms. The summed E-state index contributed by atoms with van der Waals surface area (Å²) in [7, 11) is 0. The molecule has 3 N–H and O–H groups in total. The van der Waals surface area contributed by atoms with E-state index in [1.165, 1.54) is 0 Å². The molecule has 2 unspecified atom stereocenters. The van der Waals surface area contributed by atoms with Gasteiger partial charge in [-0.1, -0.05) is 50.6 Å². The molecular weight excluding hydrogens is 402 g/mol. The van der Waals surface area contributed by atoms with Crippen LogP contribution in [-0.4, -0.2) is 28.1 Å². The molecule has 8 heteroatoms. The Labute approximate surface area is 179 Å². The number of amides is 2. The number of hydrogen-bond donors (Lipinski definition) is 3. The van der Waals surface area contributed by atoms with E-state index in [1.54, 1.807) is 6.07 Å². The van der Waals surface area contributed by atoms with Crippen molar-refractivity contribution in [2.75, 3.05) is 5.32 Å². The zero-order valence-corrected chi connectivity index (χ0v) is 17.3. The first-order valence-electron chi connectivity index (χ1n) is 10.0. The first kappa shape index (κ1) is 22.1. The molecule has 0 saturated heterocycles. The van der Waals surface area contributed by atoms with Crippen molar-refractivity contribution in [3.05, 3.63) is 71.8 Å². The zero-order valence-electron chi connectivity index (χ0n) is 17.3. The normalized spacial score (nSPS) is 12.8. The molecule has 0 saturated carbocycles. The molecule has 1 aromatic heterocycles. The quantitative estimate of drug-likeness (QED) is 0.508. The van der Waals surface area contributed by atoms with E-state index >= 15 is 0 Å². The van der Waals surface area contributed by atoms with E-state index in [0.717, 1.165) is 29.5 Å². The third-order valence-corrected chi connectivity index (χ3v) is 5.01. The molecule has 0 aliphatic rings. The Hall–Kier alpha value is -3.55. The second-order valence-corrected chi connectivity index (χ2v) is 7.41. The number of carbonyl (C=O) groups excluding carboxylic acids is 2. The van der Waals surface area contributed by atoms with Crippen molar-refractivity contribution < 1.29 is 18.4 Å². The molecular formula is C23H24F2N4O2. The fourth-order valence-corrected chi connectivity index (χ4v) is 3.18. The van der Waals surface area contributed by atoms with Crippen LogP contribution in [0.25, 0.3) is 11.3 Å². The van der Waals surface area contributed by atoms with E-state index in [1.807, 2.05) is 44.2 Å². The number of halogens is 2. The summed E-state index contributed by atoms with van der Waals surface area (Å²) in [5, 5.41) is 12.4. The zero-order chi connectivity index (χ0) is 22.4. The van der Waals surface area contributed by atoms with Gasteiger partial charge in [-0.2, -0.15) is 5.10 Å². The second kappa shape index (κ2) is 9.97. The van der Waals surface area contributed by atoms with Crippen LogP contribution in [0.2, 0.25) is 0 Å². The molecule has 0 fully saturated rings. The number of rotatable bonds is 8. The third kappa shape index (κ3) is 5.97. The molecule has 2 amide bonds. The molecule has 0 aliphatic heterocycles. The minimum absolute atomic E-state index is 0.166. The van der Waals surface area contributed by atoms with Gasteiger partial charge in [-0.3, -0.25) is 14.7 Å². The van der Waals surface area contributed by atoms with Crippen LogP contribution in [-0.2, 0) is 16.0 Å². The van der Waals surface area contributed by atoms with Crippen molar-refractivity contribution in [1.82, 2.24) is 15.5 Å². The van der Waals surface area contributed by atoms with Gasteiger partial charge < -0.3 is 10.6 Å². The van der Waals surface area contributed by atoms with Crippen LogP contribution in [0.1, 0.15) is 25.8 Å². The lowest BCUT2D eigenvalue weighted by Gasteiger charge is -2.23. The molecule has 0 spiro atoms. The van der Waals surface area contributed by atoms with Crippen molar-refractivity contribution in [2.24, 2.45) is 5.92 Å². The highest BCUT2D eigenvalue weighted by molar-refractivity contribution is 5.97. The summed E-state index contributed by atoms with van der Waals surface area (Å²) in [6.45, 7) is 3.74. The summed E-state index contributed by atoms with van der Waals surface area (Å²) in [4.78, 5) is 25.3. The van der Waals surface area contributed by atoms with Gasteiger partial charge in [0.05, 0.1) is 12.1 Å². The summed E-state index contributed by atoms with van der Waals surface area (Å²) >= 11 is 0. The summed E-state index contributed by atoms with van der Waals surface area (Å²) in [6, 6.07) is 13.3. The third-order valence-electron chi connectivity index (χ3n) is 5.01. The average molecular weight is 426 g/mol. The summed E-state index contributed by atoms with van der Waals surface area (Å²) in [6.07, 6.45) is 0.401. The Bertz CT molecular complexity index is 1030. The topological polar surface area (TPSA) is 86.9 Å². The van der Waals surface area contributed by atoms with Gasteiger partial charge in [0.2, 0.25) is 11.8 Å². The van der Waals surface area contributed by atoms with E-state index < -0.39 is 29.5 Å². The van der Waals surface area contributed by atoms with Gasteiger partial charge in [0, 0.05) is 12.1 Å². The Kier molecular flexibility index (Phi) is 7.12. The van der Waals surface area contributed by atoms with E-state index in [9.17, 15) is 18.4 Å². The van der Waals surface area contributed by atoms with Gasteiger partial charge in [0.1, 0.15) is 17.7 Å². The maximum atomic E-state index is 13.4. The van der Waals surface area contributed by atoms with E-state index in [-0.39, 0.29) is 17.9 Å². The van der Waals surface area contributed by atoms with Gasteiger partial charge in [0.15, 0.2) is 5.82 Å². The Morgan fingerprint density at radius 1 is 1.06 bits per heavy atom. The molecule has 2 atom stereocenters. The lowest BCUT2D eigenvalue weighted by molar-refractivity contribution is -0.127. The number of carbonyl (C=O) groups is 2. The summed E-state index contributed by atoms with van der Waals surface area (Å²) in [5.74, 6) is -2.27. The first-order valence-corrected chi connectivity index (χ1v) is 10.0. The van der Waals surface area contributed by atoms with Gasteiger partial charge in [0.25, 0.3) is 0 Å². The lowest BCUT2D eigenvalue weighted by Crippen LogP contribution is -2.48. The van der Waals surface area contributed by atoms with Crippen LogP contribution < -0.4 is 10.6 Å². The van der Waals surface area contributed by atoms with Crippen molar-refractivity contribution in [3.63, 3.8) is 0 Å². The van der Waals surface area contributed by atoms with Gasteiger partial charge in [-0.25, -0.2) is 8.78 Å². The van der Waals surface area contributed by atoms with Crippen molar-refractivity contribution >= 4 is 17.6 Å². The highest BCUT2D eigenvalue weighted by atomic mass is 19.1. The smallest absolute Gasteiger partial charge is 0.248 e. The van der Waals surface area contributed by atoms with Crippen LogP contribution >= 0.6 is 0 Å². The van der Waals surface area contributed by atoms with E-state index in [2.05, 4.69) is 20.8 Å². The molecule has 0 aliphatic carbocycles. The fourth-order valence-electron chi connectivity index (χ4n) is 3.18. The highest BCUT2D eigenvalue weighted by Crippen LogP contribution is 2.20. The van der Waals surface area contributed by atoms with E-state index in [0.29, 0.717) is 12.2 Å². The molecule has 6 nitrogen and oxygen atoms in total. The van der Waals surface area contributed by atoms with Gasteiger partial charge in [-0.15, -0.1) is 0 Å². The van der Waals surface area contributed by atoms with E-state index in [4.69, 9.17) is 0 Å². The maximum Gasteiger partial charge on any atom is 0.248 e. The minimum atomic E-state index is -0.826. The summed E-state index contributed by atoms with van der Waals surface area (Å²) < 4.78 is 26.7. The SMILES string of the molecule is CCC(C)C(NC(=O)Cc1cc(F)cc(F)c1)C(=O)Nc1cc(-c2ccccc2)[nH]n1. The number of aromatic nitrogens is 2. The average Bonchev–Trinajstić information content (AvgIpc) is 3.19. The van der Waals surface area contributed by atoms with Gasteiger partial charge in [-0.05, 0) is 29.2 Å². The number of hydrogen-bond acceptors (Lipinski definition) is 3. The number of anilines is 1. The Morgan fingerprint density at radius 2 is 1.74 bits per heavy atom. The van der Waals surface area contributed by atoms with Gasteiger partial charge >= 0.3 is 0 Å². The van der Waals surface area contributed by atoms with Crippen LogP contribution in [0.15, 0.2) is 54.6 Å². The molecule has 0 radical (unpaired) electrons. The number of nitrogens with one attached hydrogen (secondary N) is 3. The van der Waals surface area contributed by atoms with Crippen molar-refractivity contribution in [3.8, 4) is 11.3 Å². The monoisotopic (exact) mass is 426 g/mol. The largest absolute Gasteiger partial charge is 0.344 e. The fraction of sp³-hybridized carbons (Fsp3) is 0.261. The highest BCUT2D eigenvalue weighted by Gasteiger charge is 2.26. The number of nitrogens with zero attached hydrogens (tertiary/aromatic N) is 1. The Balaban J connectivity index is 1.68. The number of benzene rings is 2.